The van der Waals surface area contributed by atoms with Gasteiger partial charge >= 0.3 is 5.97 Å². The van der Waals surface area contributed by atoms with Gasteiger partial charge in [0.1, 0.15) is 32.9 Å². The highest BCUT2D eigenvalue weighted by Crippen LogP contribution is 2.28. The van der Waals surface area contributed by atoms with Gasteiger partial charge in [-0.3, -0.25) is 9.59 Å². The van der Waals surface area contributed by atoms with E-state index >= 15 is 0 Å². The van der Waals surface area contributed by atoms with Crippen molar-refractivity contribution < 1.29 is 23.1 Å². The van der Waals surface area contributed by atoms with E-state index in [1.54, 1.807) is 13.8 Å². The minimum atomic E-state index is -1.33. The molecular weight excluding hydrogens is 392 g/mol. The van der Waals surface area contributed by atoms with Crippen molar-refractivity contribution in [3.05, 3.63) is 56.5 Å². The predicted molar refractivity (Wildman–Crippen MR) is 99.6 cm³/mol. The first-order chi connectivity index (χ1) is 13.2. The molecule has 0 bridgehead atoms. The van der Waals surface area contributed by atoms with Gasteiger partial charge in [0.25, 0.3) is 11.5 Å². The Morgan fingerprint density at radius 1 is 1.25 bits per heavy atom. The molecule has 0 aliphatic rings. The van der Waals surface area contributed by atoms with Crippen LogP contribution in [0.5, 0.6) is 0 Å². The largest absolute Gasteiger partial charge is 0.448 e. The normalized spacial score (nSPS) is 12.0. The van der Waals surface area contributed by atoms with Gasteiger partial charge in [-0.2, -0.15) is 0 Å². The Labute approximate surface area is 161 Å². The standard InChI is InChI=1S/C18H15F2N3O4S/c1-7-12-16(25)21-9(3)22-17(12)28-14(7)18(26)27-8(2)15(24)23-13-10(19)5-4-6-11(13)20/h4-6,8H,1-3H3,(H,23,24)(H,21,22,25)/t8-/m1/s1. The molecule has 1 amide bonds. The van der Waals surface area contributed by atoms with Crippen molar-refractivity contribution in [2.24, 2.45) is 0 Å². The van der Waals surface area contributed by atoms with E-state index in [2.05, 4.69) is 15.3 Å². The van der Waals surface area contributed by atoms with Crippen molar-refractivity contribution in [1.82, 2.24) is 9.97 Å². The number of rotatable bonds is 4. The van der Waals surface area contributed by atoms with Crippen molar-refractivity contribution in [2.45, 2.75) is 26.9 Å². The number of benzene rings is 1. The maximum Gasteiger partial charge on any atom is 0.349 e. The first-order valence-electron chi connectivity index (χ1n) is 8.15. The van der Waals surface area contributed by atoms with Crippen LogP contribution in [0, 0.1) is 25.5 Å². The monoisotopic (exact) mass is 407 g/mol. The summed E-state index contributed by atoms with van der Waals surface area (Å²) in [7, 11) is 0. The highest BCUT2D eigenvalue weighted by atomic mass is 32.1. The molecule has 10 heteroatoms. The fourth-order valence-electron chi connectivity index (χ4n) is 2.56. The molecule has 0 unspecified atom stereocenters. The number of hydrogen-bond donors (Lipinski definition) is 2. The van der Waals surface area contributed by atoms with Crippen LogP contribution >= 0.6 is 11.3 Å². The zero-order valence-corrected chi connectivity index (χ0v) is 15.9. The second kappa shape index (κ2) is 7.47. The average molecular weight is 407 g/mol. The highest BCUT2D eigenvalue weighted by molar-refractivity contribution is 7.20. The van der Waals surface area contributed by atoms with Gasteiger partial charge in [0.2, 0.25) is 0 Å². The van der Waals surface area contributed by atoms with Crippen LogP contribution in [0.25, 0.3) is 10.2 Å². The number of anilines is 1. The summed E-state index contributed by atoms with van der Waals surface area (Å²) >= 11 is 0.966. The Morgan fingerprint density at radius 2 is 1.89 bits per heavy atom. The summed E-state index contributed by atoms with van der Waals surface area (Å²) in [6.07, 6.45) is -1.33. The number of amides is 1. The van der Waals surface area contributed by atoms with Crippen molar-refractivity contribution in [3.63, 3.8) is 0 Å². The third kappa shape index (κ3) is 3.63. The minimum absolute atomic E-state index is 0.121. The van der Waals surface area contributed by atoms with E-state index in [4.69, 9.17) is 4.74 Å². The number of nitrogens with zero attached hydrogens (tertiary/aromatic N) is 1. The SMILES string of the molecule is Cc1nc2sc(C(=O)O[C@H](C)C(=O)Nc3c(F)cccc3F)c(C)c2c(=O)[nH]1. The number of nitrogens with one attached hydrogen (secondary N) is 2. The molecule has 146 valence electrons. The molecule has 0 saturated carbocycles. The first-order valence-corrected chi connectivity index (χ1v) is 8.96. The number of fused-ring (bicyclic) bond motifs is 1. The van der Waals surface area contributed by atoms with Crippen molar-refractivity contribution >= 4 is 39.1 Å². The number of esters is 1. The van der Waals surface area contributed by atoms with E-state index in [0.29, 0.717) is 16.2 Å². The predicted octanol–water partition coefficient (Wildman–Crippen LogP) is 3.06. The third-order valence-electron chi connectivity index (χ3n) is 3.97. The van der Waals surface area contributed by atoms with Crippen LogP contribution in [0.15, 0.2) is 23.0 Å². The summed E-state index contributed by atoms with van der Waals surface area (Å²) < 4.78 is 32.4. The lowest BCUT2D eigenvalue weighted by Crippen LogP contribution is -2.30. The maximum absolute atomic E-state index is 13.6. The molecule has 2 aromatic heterocycles. The molecule has 28 heavy (non-hydrogen) atoms. The van der Waals surface area contributed by atoms with Crippen LogP contribution < -0.4 is 10.9 Å². The van der Waals surface area contributed by atoms with Gasteiger partial charge in [0.15, 0.2) is 6.10 Å². The minimum Gasteiger partial charge on any atom is -0.448 e. The number of carbonyl (C=O) groups excluding carboxylic acids is 2. The molecule has 0 saturated heterocycles. The smallest absolute Gasteiger partial charge is 0.349 e. The zero-order valence-electron chi connectivity index (χ0n) is 15.1. The molecule has 0 spiro atoms. The lowest BCUT2D eigenvalue weighted by atomic mass is 10.2. The summed E-state index contributed by atoms with van der Waals surface area (Å²) in [5.74, 6) is -3.24. The van der Waals surface area contributed by atoms with Gasteiger partial charge in [0, 0.05) is 0 Å². The zero-order chi connectivity index (χ0) is 20.6. The van der Waals surface area contributed by atoms with Crippen LogP contribution in [-0.4, -0.2) is 27.9 Å². The van der Waals surface area contributed by atoms with Crippen LogP contribution in [0.3, 0.4) is 0 Å². The van der Waals surface area contributed by atoms with Crippen LogP contribution in [0.2, 0.25) is 0 Å². The number of aromatic amines is 1. The van der Waals surface area contributed by atoms with E-state index < -0.39 is 35.3 Å². The summed E-state index contributed by atoms with van der Waals surface area (Å²) in [5.41, 5.74) is -0.623. The molecule has 2 heterocycles. The van der Waals surface area contributed by atoms with E-state index in [0.717, 1.165) is 29.5 Å². The topological polar surface area (TPSA) is 101 Å². The molecule has 1 atom stereocenters. The Kier molecular flexibility index (Phi) is 5.23. The van der Waals surface area contributed by atoms with Gasteiger partial charge in [-0.25, -0.2) is 18.6 Å². The molecule has 0 radical (unpaired) electrons. The Bertz CT molecular complexity index is 1140. The Balaban J connectivity index is 1.80. The lowest BCUT2D eigenvalue weighted by molar-refractivity contribution is -0.123. The molecule has 7 nitrogen and oxygen atoms in total. The quantitative estimate of drug-likeness (QED) is 0.648. The number of H-pyrrole nitrogens is 1. The summed E-state index contributed by atoms with van der Waals surface area (Å²) in [6, 6.07) is 3.14. The van der Waals surface area contributed by atoms with Crippen molar-refractivity contribution in [2.75, 3.05) is 5.32 Å². The van der Waals surface area contributed by atoms with Gasteiger partial charge < -0.3 is 15.0 Å². The summed E-state index contributed by atoms with van der Waals surface area (Å²) in [4.78, 5) is 43.9. The summed E-state index contributed by atoms with van der Waals surface area (Å²) in [6.45, 7) is 4.45. The van der Waals surface area contributed by atoms with Crippen LogP contribution in [0.1, 0.15) is 28.0 Å². The van der Waals surface area contributed by atoms with Crippen molar-refractivity contribution in [3.8, 4) is 0 Å². The van der Waals surface area contributed by atoms with Crippen molar-refractivity contribution in [1.29, 1.82) is 0 Å². The van der Waals surface area contributed by atoms with E-state index in [1.807, 2.05) is 0 Å². The molecule has 2 N–H and O–H groups in total. The molecule has 1 aromatic carbocycles. The molecule has 0 fully saturated rings. The number of carbonyl (C=O) groups is 2. The number of thiophene rings is 1. The lowest BCUT2D eigenvalue weighted by Gasteiger charge is -2.14. The van der Waals surface area contributed by atoms with E-state index in [9.17, 15) is 23.2 Å². The number of halogens is 2. The number of aromatic nitrogens is 2. The first kappa shape index (κ1) is 19.6. The van der Waals surface area contributed by atoms with Gasteiger partial charge in [-0.15, -0.1) is 11.3 Å². The fraction of sp³-hybridized carbons (Fsp3) is 0.222. The highest BCUT2D eigenvalue weighted by Gasteiger charge is 2.25. The molecule has 0 aliphatic carbocycles. The van der Waals surface area contributed by atoms with E-state index in [-0.39, 0.29) is 15.8 Å². The van der Waals surface area contributed by atoms with Crippen LogP contribution in [0.4, 0.5) is 14.5 Å². The second-order valence-electron chi connectivity index (χ2n) is 6.02. The van der Waals surface area contributed by atoms with Gasteiger partial charge in [-0.05, 0) is 38.5 Å². The molecule has 3 rings (SSSR count). The molecular formula is C18H15F2N3O4S. The number of ether oxygens (including phenoxy) is 1. The fourth-order valence-corrected chi connectivity index (χ4v) is 3.67. The Morgan fingerprint density at radius 3 is 2.54 bits per heavy atom. The maximum atomic E-state index is 13.6. The van der Waals surface area contributed by atoms with E-state index in [1.165, 1.54) is 6.92 Å². The third-order valence-corrected chi connectivity index (χ3v) is 5.13. The molecule has 0 aliphatic heterocycles. The van der Waals surface area contributed by atoms with Gasteiger partial charge in [0.05, 0.1) is 5.39 Å². The van der Waals surface area contributed by atoms with Gasteiger partial charge in [-0.1, -0.05) is 6.07 Å². The second-order valence-corrected chi connectivity index (χ2v) is 7.02. The van der Waals surface area contributed by atoms with Crippen LogP contribution in [-0.2, 0) is 9.53 Å². The number of hydrogen-bond acceptors (Lipinski definition) is 6. The number of aryl methyl sites for hydroxylation is 2. The molecule has 3 aromatic rings. The number of para-hydroxylation sites is 1. The average Bonchev–Trinajstić information content (AvgIpc) is 2.94. The Hall–Kier alpha value is -3.14. The summed E-state index contributed by atoms with van der Waals surface area (Å²) in [5, 5.41) is 2.33.